The van der Waals surface area contributed by atoms with Gasteiger partial charge in [-0.15, -0.1) is 6.58 Å². The standard InChI is InChI=1S/C25H27N3O5/c1-2-25(17-31-15-18-9-5-3-6-10-18)22(32-16-19-11-7-4-8-12-19)21(29)23(33-25)28-14-13-20(26)27-24(28)30/h2-14,21-23,29H,1,15-17H2,(H2,26,27,30)/t21-,22+,23-,25-/m1/s1. The van der Waals surface area contributed by atoms with Crippen molar-refractivity contribution in [3.8, 4) is 0 Å². The molecule has 0 unspecified atom stereocenters. The third-order valence-corrected chi connectivity index (χ3v) is 5.61. The second-order valence-electron chi connectivity index (χ2n) is 7.90. The number of aliphatic hydroxyl groups excluding tert-OH is 1. The third-order valence-electron chi connectivity index (χ3n) is 5.61. The van der Waals surface area contributed by atoms with Gasteiger partial charge in [0.05, 0.1) is 19.8 Å². The van der Waals surface area contributed by atoms with Gasteiger partial charge in [-0.3, -0.25) is 4.57 Å². The highest BCUT2D eigenvalue weighted by molar-refractivity contribution is 5.24. The first-order valence-electron chi connectivity index (χ1n) is 10.6. The Labute approximate surface area is 191 Å². The van der Waals surface area contributed by atoms with Crippen LogP contribution in [0, 0.1) is 0 Å². The lowest BCUT2D eigenvalue weighted by Gasteiger charge is -2.31. The van der Waals surface area contributed by atoms with Crippen molar-refractivity contribution in [1.82, 2.24) is 9.55 Å². The van der Waals surface area contributed by atoms with Gasteiger partial charge in [-0.1, -0.05) is 66.7 Å². The zero-order chi connectivity index (χ0) is 23.3. The zero-order valence-electron chi connectivity index (χ0n) is 18.1. The Hall–Kier alpha value is -3.30. The van der Waals surface area contributed by atoms with Gasteiger partial charge in [0.15, 0.2) is 6.23 Å². The maximum atomic E-state index is 12.4. The first-order valence-corrected chi connectivity index (χ1v) is 10.6. The molecule has 1 fully saturated rings. The molecule has 3 N–H and O–H groups in total. The smallest absolute Gasteiger partial charge is 0.351 e. The van der Waals surface area contributed by atoms with E-state index in [0.717, 1.165) is 11.1 Å². The van der Waals surface area contributed by atoms with Gasteiger partial charge in [0.25, 0.3) is 0 Å². The molecule has 0 spiro atoms. The SMILES string of the molecule is C=C[C@]1(COCc2ccccc2)O[C@@H](n2ccc(N)nc2=O)[C@H](O)[C@@H]1OCc1ccccc1. The summed E-state index contributed by atoms with van der Waals surface area (Å²) >= 11 is 0. The topological polar surface area (TPSA) is 109 Å². The summed E-state index contributed by atoms with van der Waals surface area (Å²) in [6.07, 6.45) is -0.0796. The van der Waals surface area contributed by atoms with Crippen LogP contribution in [0.2, 0.25) is 0 Å². The van der Waals surface area contributed by atoms with Gasteiger partial charge < -0.3 is 25.1 Å². The summed E-state index contributed by atoms with van der Waals surface area (Å²) in [6.45, 7) is 4.57. The molecular formula is C25H27N3O5. The Bertz CT molecular complexity index is 1120. The van der Waals surface area contributed by atoms with Crippen LogP contribution in [-0.2, 0) is 27.4 Å². The van der Waals surface area contributed by atoms with Gasteiger partial charge in [0.2, 0.25) is 0 Å². The molecular weight excluding hydrogens is 422 g/mol. The Morgan fingerprint density at radius 3 is 2.33 bits per heavy atom. The average Bonchev–Trinajstić information content (AvgIpc) is 3.10. The number of rotatable bonds is 9. The van der Waals surface area contributed by atoms with Gasteiger partial charge in [-0.25, -0.2) is 4.79 Å². The zero-order valence-corrected chi connectivity index (χ0v) is 18.1. The van der Waals surface area contributed by atoms with Crippen LogP contribution in [0.15, 0.2) is 90.4 Å². The predicted molar refractivity (Wildman–Crippen MR) is 123 cm³/mol. The molecule has 0 bridgehead atoms. The van der Waals surface area contributed by atoms with E-state index in [-0.39, 0.29) is 19.0 Å². The van der Waals surface area contributed by atoms with Crippen LogP contribution in [0.25, 0.3) is 0 Å². The van der Waals surface area contributed by atoms with Crippen LogP contribution < -0.4 is 11.4 Å². The molecule has 0 saturated carbocycles. The molecule has 1 aliphatic heterocycles. The Kier molecular flexibility index (Phi) is 7.00. The van der Waals surface area contributed by atoms with E-state index in [1.807, 2.05) is 60.7 Å². The lowest BCUT2D eigenvalue weighted by Crippen LogP contribution is -2.47. The molecule has 4 atom stereocenters. The van der Waals surface area contributed by atoms with Crippen LogP contribution >= 0.6 is 0 Å². The van der Waals surface area contributed by atoms with Crippen LogP contribution in [0.1, 0.15) is 17.4 Å². The molecule has 4 rings (SSSR count). The Morgan fingerprint density at radius 2 is 1.73 bits per heavy atom. The number of aromatic nitrogens is 2. The summed E-state index contributed by atoms with van der Waals surface area (Å²) in [5.74, 6) is 0.0850. The van der Waals surface area contributed by atoms with Crippen molar-refractivity contribution in [2.45, 2.75) is 37.3 Å². The maximum Gasteiger partial charge on any atom is 0.351 e. The van der Waals surface area contributed by atoms with Crippen molar-refractivity contribution < 1.29 is 19.3 Å². The van der Waals surface area contributed by atoms with E-state index in [2.05, 4.69) is 11.6 Å². The predicted octanol–water partition coefficient (Wildman–Crippen LogP) is 2.44. The highest BCUT2D eigenvalue weighted by Crippen LogP contribution is 2.40. The number of nitrogens with two attached hydrogens (primary N) is 1. The van der Waals surface area contributed by atoms with Crippen molar-refractivity contribution in [1.29, 1.82) is 0 Å². The Morgan fingerprint density at radius 1 is 1.09 bits per heavy atom. The fourth-order valence-electron chi connectivity index (χ4n) is 3.88. The lowest BCUT2D eigenvalue weighted by molar-refractivity contribution is -0.129. The molecule has 1 saturated heterocycles. The summed E-state index contributed by atoms with van der Waals surface area (Å²) in [4.78, 5) is 16.2. The minimum Gasteiger partial charge on any atom is -0.386 e. The molecule has 2 aromatic carbocycles. The van der Waals surface area contributed by atoms with E-state index in [9.17, 15) is 9.90 Å². The number of benzene rings is 2. The van der Waals surface area contributed by atoms with Crippen LogP contribution in [0.4, 0.5) is 5.82 Å². The molecule has 33 heavy (non-hydrogen) atoms. The van der Waals surface area contributed by atoms with Crippen molar-refractivity contribution in [3.63, 3.8) is 0 Å². The summed E-state index contributed by atoms with van der Waals surface area (Å²) < 4.78 is 19.5. The quantitative estimate of drug-likeness (QED) is 0.483. The molecule has 0 amide bonds. The number of hydrogen-bond acceptors (Lipinski definition) is 7. The molecule has 1 aliphatic rings. The first kappa shape index (κ1) is 22.9. The molecule has 2 heterocycles. The normalized spacial score (nSPS) is 24.6. The molecule has 8 nitrogen and oxygen atoms in total. The minimum absolute atomic E-state index is 0.0650. The number of anilines is 1. The first-order chi connectivity index (χ1) is 16.0. The van der Waals surface area contributed by atoms with Gasteiger partial charge in [-0.05, 0) is 17.2 Å². The number of nitrogens with zero attached hydrogens (tertiary/aromatic N) is 2. The summed E-state index contributed by atoms with van der Waals surface area (Å²) in [6, 6.07) is 20.8. The summed E-state index contributed by atoms with van der Waals surface area (Å²) in [5.41, 5.74) is 5.70. The van der Waals surface area contributed by atoms with E-state index in [1.54, 1.807) is 6.08 Å². The highest BCUT2D eigenvalue weighted by atomic mass is 16.6. The van der Waals surface area contributed by atoms with Crippen LogP contribution in [-0.4, -0.2) is 39.1 Å². The number of nitrogen functional groups attached to an aromatic ring is 1. The van der Waals surface area contributed by atoms with E-state index < -0.39 is 29.7 Å². The molecule has 3 aromatic rings. The fourth-order valence-corrected chi connectivity index (χ4v) is 3.88. The largest absolute Gasteiger partial charge is 0.386 e. The van der Waals surface area contributed by atoms with Crippen molar-refractivity contribution in [2.75, 3.05) is 12.3 Å². The minimum atomic E-state index is -1.20. The number of aliphatic hydroxyl groups is 1. The monoisotopic (exact) mass is 449 g/mol. The molecule has 172 valence electrons. The molecule has 0 aliphatic carbocycles. The molecule has 8 heteroatoms. The van der Waals surface area contributed by atoms with E-state index in [0.29, 0.717) is 6.61 Å². The average molecular weight is 450 g/mol. The molecule has 1 aromatic heterocycles. The van der Waals surface area contributed by atoms with Gasteiger partial charge in [0, 0.05) is 6.20 Å². The maximum absolute atomic E-state index is 12.4. The van der Waals surface area contributed by atoms with E-state index in [1.165, 1.54) is 16.8 Å². The van der Waals surface area contributed by atoms with E-state index >= 15 is 0 Å². The lowest BCUT2D eigenvalue weighted by atomic mass is 9.95. The van der Waals surface area contributed by atoms with Crippen molar-refractivity contribution in [2.24, 2.45) is 0 Å². The fraction of sp³-hybridized carbons (Fsp3) is 0.280. The van der Waals surface area contributed by atoms with Crippen molar-refractivity contribution in [3.05, 3.63) is 107 Å². The van der Waals surface area contributed by atoms with Crippen LogP contribution in [0.3, 0.4) is 0 Å². The second-order valence-corrected chi connectivity index (χ2v) is 7.90. The highest BCUT2D eigenvalue weighted by Gasteiger charge is 2.55. The van der Waals surface area contributed by atoms with Crippen LogP contribution in [0.5, 0.6) is 0 Å². The number of hydrogen-bond donors (Lipinski definition) is 2. The summed E-state index contributed by atoms with van der Waals surface area (Å²) in [5, 5.41) is 11.2. The third kappa shape index (κ3) is 5.04. The second kappa shape index (κ2) is 10.1. The van der Waals surface area contributed by atoms with Gasteiger partial charge in [0.1, 0.15) is 23.6 Å². The van der Waals surface area contributed by atoms with E-state index in [4.69, 9.17) is 19.9 Å². The van der Waals surface area contributed by atoms with Crippen molar-refractivity contribution >= 4 is 5.82 Å². The molecule has 0 radical (unpaired) electrons. The Balaban J connectivity index is 1.59. The van der Waals surface area contributed by atoms with Gasteiger partial charge >= 0.3 is 5.69 Å². The summed E-state index contributed by atoms with van der Waals surface area (Å²) in [7, 11) is 0. The van der Waals surface area contributed by atoms with Gasteiger partial charge in [-0.2, -0.15) is 4.98 Å². The number of ether oxygens (including phenoxy) is 3.